The standard InChI is InChI=1S/C32H52N2O6Si/c1-5-6-7-10-16-26(17-11-8-9-12-21-30(33)35)40-32(37)28-19-15-22-34(28)31(36)27-18-13-14-20-29(27)39-25-38-23-24-41(2,3)4/h13-15,18,20,22,26,28H,5-12,16-17,19,21,23-25H2,1-4H3,(H2,33,35)/t26-,28+/m1/s1. The molecule has 1 aromatic rings. The molecule has 0 saturated carbocycles. The number of rotatable bonds is 21. The maximum Gasteiger partial charge on any atom is 0.329 e. The number of para-hydroxylation sites is 1. The molecule has 0 aromatic heterocycles. The minimum absolute atomic E-state index is 0.0678. The van der Waals surface area contributed by atoms with Gasteiger partial charge in [0.25, 0.3) is 5.91 Å². The Morgan fingerprint density at radius 1 is 1.00 bits per heavy atom. The van der Waals surface area contributed by atoms with Crippen LogP contribution in [0.1, 0.15) is 94.3 Å². The number of unbranched alkanes of at least 4 members (excludes halogenated alkanes) is 6. The fraction of sp³-hybridized carbons (Fsp3) is 0.656. The van der Waals surface area contributed by atoms with E-state index in [9.17, 15) is 14.4 Å². The molecule has 1 aromatic carbocycles. The number of esters is 1. The second-order valence-corrected chi connectivity index (χ2v) is 17.8. The van der Waals surface area contributed by atoms with Crippen LogP contribution in [-0.4, -0.2) is 56.3 Å². The Labute approximate surface area is 248 Å². The first-order valence-corrected chi connectivity index (χ1v) is 19.1. The number of nitrogens with zero attached hydrogens (tertiary/aromatic N) is 1. The van der Waals surface area contributed by atoms with Crippen LogP contribution >= 0.6 is 0 Å². The summed E-state index contributed by atoms with van der Waals surface area (Å²) in [4.78, 5) is 39.4. The number of primary amides is 1. The maximum absolute atomic E-state index is 13.6. The molecule has 0 unspecified atom stereocenters. The summed E-state index contributed by atoms with van der Waals surface area (Å²) in [5.41, 5.74) is 5.62. The van der Waals surface area contributed by atoms with Crippen LogP contribution in [0, 0.1) is 0 Å². The van der Waals surface area contributed by atoms with E-state index in [1.807, 2.05) is 12.1 Å². The van der Waals surface area contributed by atoms with E-state index in [0.29, 0.717) is 30.8 Å². The van der Waals surface area contributed by atoms with Crippen molar-refractivity contribution in [3.63, 3.8) is 0 Å². The Kier molecular flexibility index (Phi) is 15.8. The summed E-state index contributed by atoms with van der Waals surface area (Å²) >= 11 is 0. The molecule has 2 N–H and O–H groups in total. The summed E-state index contributed by atoms with van der Waals surface area (Å²) in [5.74, 6) is -0.502. The van der Waals surface area contributed by atoms with Gasteiger partial charge in [0, 0.05) is 27.3 Å². The van der Waals surface area contributed by atoms with Gasteiger partial charge >= 0.3 is 5.97 Å². The lowest BCUT2D eigenvalue weighted by Gasteiger charge is -2.26. The van der Waals surface area contributed by atoms with E-state index in [2.05, 4.69) is 26.6 Å². The molecule has 0 radical (unpaired) electrons. The predicted octanol–water partition coefficient (Wildman–Crippen LogP) is 6.81. The van der Waals surface area contributed by atoms with Crippen molar-refractivity contribution < 1.29 is 28.6 Å². The number of carbonyl (C=O) groups is 3. The molecule has 0 bridgehead atoms. The third-order valence-corrected chi connectivity index (χ3v) is 8.95. The predicted molar refractivity (Wildman–Crippen MR) is 165 cm³/mol. The summed E-state index contributed by atoms with van der Waals surface area (Å²) < 4.78 is 17.5. The first-order chi connectivity index (χ1) is 19.6. The lowest BCUT2D eigenvalue weighted by atomic mass is 10.0. The van der Waals surface area contributed by atoms with Crippen LogP contribution < -0.4 is 10.5 Å². The van der Waals surface area contributed by atoms with E-state index in [-0.39, 0.29) is 30.7 Å². The first kappa shape index (κ1) is 34.5. The van der Waals surface area contributed by atoms with E-state index in [0.717, 1.165) is 70.3 Å². The van der Waals surface area contributed by atoms with Crippen LogP contribution in [0.4, 0.5) is 0 Å². The fourth-order valence-corrected chi connectivity index (χ4v) is 5.48. The molecule has 230 valence electrons. The Balaban J connectivity index is 1.96. The second kappa shape index (κ2) is 18.7. The molecular formula is C32H52N2O6Si. The average molecular weight is 589 g/mol. The van der Waals surface area contributed by atoms with Crippen molar-refractivity contribution in [1.29, 1.82) is 0 Å². The quantitative estimate of drug-likeness (QED) is 0.0731. The summed E-state index contributed by atoms with van der Waals surface area (Å²) in [5, 5.41) is 0. The average Bonchev–Trinajstić information content (AvgIpc) is 3.42. The van der Waals surface area contributed by atoms with Gasteiger partial charge in [-0.2, -0.15) is 0 Å². The third kappa shape index (κ3) is 13.7. The number of carbonyl (C=O) groups excluding carboxylic acids is 3. The van der Waals surface area contributed by atoms with Crippen LogP contribution in [0.5, 0.6) is 5.75 Å². The zero-order chi connectivity index (χ0) is 30.1. The molecular weight excluding hydrogens is 536 g/mol. The highest BCUT2D eigenvalue weighted by Gasteiger charge is 2.35. The number of benzene rings is 1. The largest absolute Gasteiger partial charge is 0.467 e. The first-order valence-electron chi connectivity index (χ1n) is 15.4. The van der Waals surface area contributed by atoms with E-state index in [4.69, 9.17) is 19.9 Å². The van der Waals surface area contributed by atoms with Crippen molar-refractivity contribution in [3.05, 3.63) is 42.1 Å². The second-order valence-electron chi connectivity index (χ2n) is 12.2. The molecule has 0 fully saturated rings. The molecule has 0 aliphatic carbocycles. The SMILES string of the molecule is CCCCCC[C@H](CCCCCCC(N)=O)OC(=O)[C@@H]1CC=CN1C(=O)c1ccccc1OCOCC[Si](C)(C)C. The number of amides is 2. The lowest BCUT2D eigenvalue weighted by molar-refractivity contribution is -0.154. The van der Waals surface area contributed by atoms with Gasteiger partial charge in [0.15, 0.2) is 6.79 Å². The van der Waals surface area contributed by atoms with Gasteiger partial charge in [0.05, 0.1) is 5.56 Å². The molecule has 8 nitrogen and oxygen atoms in total. The molecule has 0 saturated heterocycles. The number of ether oxygens (including phenoxy) is 3. The lowest BCUT2D eigenvalue weighted by Crippen LogP contribution is -2.41. The van der Waals surface area contributed by atoms with Crippen molar-refractivity contribution in [3.8, 4) is 5.75 Å². The maximum atomic E-state index is 13.6. The normalized spacial score (nSPS) is 15.6. The van der Waals surface area contributed by atoms with Gasteiger partial charge in [0.1, 0.15) is 17.9 Å². The van der Waals surface area contributed by atoms with Gasteiger partial charge in [-0.15, -0.1) is 0 Å². The van der Waals surface area contributed by atoms with Crippen molar-refractivity contribution in [1.82, 2.24) is 4.90 Å². The Morgan fingerprint density at radius 2 is 1.68 bits per heavy atom. The molecule has 1 heterocycles. The van der Waals surface area contributed by atoms with E-state index < -0.39 is 14.1 Å². The van der Waals surface area contributed by atoms with Gasteiger partial charge in [-0.05, 0) is 56.7 Å². The minimum atomic E-state index is -1.20. The topological polar surface area (TPSA) is 108 Å². The highest BCUT2D eigenvalue weighted by molar-refractivity contribution is 6.76. The zero-order valence-corrected chi connectivity index (χ0v) is 26.7. The van der Waals surface area contributed by atoms with E-state index >= 15 is 0 Å². The van der Waals surface area contributed by atoms with Crippen molar-refractivity contribution in [2.24, 2.45) is 5.73 Å². The van der Waals surface area contributed by atoms with Gasteiger partial charge in [-0.1, -0.05) is 76.9 Å². The molecule has 2 atom stereocenters. The van der Waals surface area contributed by atoms with Crippen LogP contribution in [0.15, 0.2) is 36.5 Å². The van der Waals surface area contributed by atoms with E-state index in [1.54, 1.807) is 24.4 Å². The van der Waals surface area contributed by atoms with Gasteiger partial charge in [-0.25, -0.2) is 4.79 Å². The molecule has 2 amide bonds. The summed E-state index contributed by atoms with van der Waals surface area (Å²) in [7, 11) is -1.20. The molecule has 2 rings (SSSR count). The fourth-order valence-electron chi connectivity index (χ4n) is 4.72. The van der Waals surface area contributed by atoms with Crippen LogP contribution in [-0.2, 0) is 19.1 Å². The van der Waals surface area contributed by atoms with Crippen molar-refractivity contribution in [2.75, 3.05) is 13.4 Å². The zero-order valence-electron chi connectivity index (χ0n) is 25.7. The highest BCUT2D eigenvalue weighted by Crippen LogP contribution is 2.26. The van der Waals surface area contributed by atoms with Gasteiger partial charge in [-0.3, -0.25) is 9.59 Å². The third-order valence-electron chi connectivity index (χ3n) is 7.24. The molecule has 1 aliphatic rings. The van der Waals surface area contributed by atoms with Crippen LogP contribution in [0.2, 0.25) is 25.7 Å². The van der Waals surface area contributed by atoms with Crippen LogP contribution in [0.25, 0.3) is 0 Å². The Hall–Kier alpha value is -2.65. The summed E-state index contributed by atoms with van der Waals surface area (Å²) in [6.07, 6.45) is 13.8. The highest BCUT2D eigenvalue weighted by atomic mass is 28.3. The molecule has 1 aliphatic heterocycles. The number of hydrogen-bond acceptors (Lipinski definition) is 6. The van der Waals surface area contributed by atoms with Gasteiger partial charge < -0.3 is 24.8 Å². The van der Waals surface area contributed by atoms with Crippen molar-refractivity contribution in [2.45, 2.75) is 122 Å². The molecule has 0 spiro atoms. The van der Waals surface area contributed by atoms with Crippen LogP contribution in [0.3, 0.4) is 0 Å². The smallest absolute Gasteiger partial charge is 0.329 e. The Morgan fingerprint density at radius 3 is 2.37 bits per heavy atom. The number of nitrogens with two attached hydrogens (primary N) is 1. The monoisotopic (exact) mass is 588 g/mol. The summed E-state index contributed by atoms with van der Waals surface area (Å²) in [6, 6.07) is 7.40. The van der Waals surface area contributed by atoms with E-state index in [1.165, 1.54) is 4.90 Å². The summed E-state index contributed by atoms with van der Waals surface area (Å²) in [6.45, 7) is 9.74. The Bertz CT molecular complexity index is 977. The number of hydrogen-bond donors (Lipinski definition) is 1. The van der Waals surface area contributed by atoms with Gasteiger partial charge in [0.2, 0.25) is 5.91 Å². The minimum Gasteiger partial charge on any atom is -0.467 e. The molecule has 41 heavy (non-hydrogen) atoms. The molecule has 9 heteroatoms. The van der Waals surface area contributed by atoms with Crippen molar-refractivity contribution >= 4 is 25.9 Å².